The molecule has 1 fully saturated rings. The molecular weight excluding hydrogens is 856 g/mol. The highest BCUT2D eigenvalue weighted by Gasteiger charge is 2.37. The molecular formula is C46H82O19. The highest BCUT2D eigenvalue weighted by atomic mass is 16.6. The van der Waals surface area contributed by atoms with Crippen molar-refractivity contribution in [2.75, 3.05) is 33.0 Å². The summed E-state index contributed by atoms with van der Waals surface area (Å²) >= 11 is 0. The minimum absolute atomic E-state index is 0.0625. The van der Waals surface area contributed by atoms with Crippen molar-refractivity contribution in [2.45, 2.75) is 177 Å². The van der Waals surface area contributed by atoms with Crippen LogP contribution in [0.5, 0.6) is 0 Å². The molecule has 0 amide bonds. The van der Waals surface area contributed by atoms with Gasteiger partial charge in [-0.2, -0.15) is 0 Å². The van der Waals surface area contributed by atoms with Crippen molar-refractivity contribution in [3.63, 3.8) is 0 Å². The van der Waals surface area contributed by atoms with Crippen LogP contribution in [0.1, 0.15) is 152 Å². The molecule has 0 radical (unpaired) electrons. The lowest BCUT2D eigenvalue weighted by Gasteiger charge is -2.30. The summed E-state index contributed by atoms with van der Waals surface area (Å²) in [4.78, 5) is 83.0. The van der Waals surface area contributed by atoms with E-state index in [1.807, 2.05) is 18.2 Å². The zero-order valence-corrected chi connectivity index (χ0v) is 41.2. The van der Waals surface area contributed by atoms with Gasteiger partial charge in [0.1, 0.15) is 42.7 Å². The fraction of sp³-hybridized carbons (Fsp3) is 0.696. The molecule has 0 bridgehead atoms. The summed E-state index contributed by atoms with van der Waals surface area (Å²) in [5, 5.41) is 69.3. The molecule has 0 heterocycles. The Morgan fingerprint density at radius 1 is 0.662 bits per heavy atom. The third kappa shape index (κ3) is 47.4. The van der Waals surface area contributed by atoms with Crippen LogP contribution in [0, 0.1) is 0 Å². The summed E-state index contributed by atoms with van der Waals surface area (Å²) in [5.74, 6) is -2.46. The van der Waals surface area contributed by atoms with Crippen LogP contribution in [0.15, 0.2) is 30.3 Å². The van der Waals surface area contributed by atoms with Gasteiger partial charge in [0, 0.05) is 12.0 Å². The van der Waals surface area contributed by atoms with Crippen molar-refractivity contribution in [1.29, 1.82) is 0 Å². The molecule has 19 nitrogen and oxygen atoms in total. The average molecular weight is 939 g/mol. The predicted molar refractivity (Wildman–Crippen MR) is 242 cm³/mol. The third-order valence-corrected chi connectivity index (χ3v) is 7.76. The number of Topliss-reactive ketones (excluding diaryl/α,β-unsaturated/α-hetero) is 5. The Bertz CT molecular complexity index is 1430. The number of ketones is 5. The monoisotopic (exact) mass is 939 g/mol. The summed E-state index contributed by atoms with van der Waals surface area (Å²) < 4.78 is 13.2. The molecule has 1 aliphatic rings. The number of carbonyl (C=O) groups is 8. The van der Waals surface area contributed by atoms with Gasteiger partial charge in [-0.05, 0) is 102 Å². The lowest BCUT2D eigenvalue weighted by Crippen LogP contribution is -2.40. The molecule has 3 atom stereocenters. The Balaban J connectivity index is -0.000000157. The molecule has 65 heavy (non-hydrogen) atoms. The Morgan fingerprint density at radius 3 is 1.26 bits per heavy atom. The number of ether oxygens (including phenoxy) is 3. The van der Waals surface area contributed by atoms with E-state index < -0.39 is 59.6 Å². The normalized spacial score (nSPS) is 13.3. The second-order valence-electron chi connectivity index (χ2n) is 15.0. The Hall–Kier alpha value is -4.34. The minimum Gasteiger partial charge on any atom is -0.464 e. The fourth-order valence-corrected chi connectivity index (χ4v) is 3.46. The highest BCUT2D eigenvalue weighted by Crippen LogP contribution is 2.31. The van der Waals surface area contributed by atoms with Crippen LogP contribution in [0.2, 0.25) is 0 Å². The summed E-state index contributed by atoms with van der Waals surface area (Å²) in [5.41, 5.74) is -2.96. The van der Waals surface area contributed by atoms with Crippen LogP contribution in [0.25, 0.3) is 0 Å². The van der Waals surface area contributed by atoms with Crippen LogP contribution in [0.3, 0.4) is 0 Å². The molecule has 3 unspecified atom stereocenters. The molecule has 1 saturated carbocycles. The first kappa shape index (κ1) is 72.3. The molecule has 0 spiro atoms. The quantitative estimate of drug-likeness (QED) is 0.0755. The lowest BCUT2D eigenvalue weighted by atomic mass is 9.79. The second-order valence-corrected chi connectivity index (χ2v) is 15.0. The number of carbonyl (C=O) groups excluding carboxylic acids is 8. The Kier molecular flexibility index (Phi) is 47.0. The summed E-state index contributed by atoms with van der Waals surface area (Å²) in [6, 6.07) is 9.09. The fourth-order valence-electron chi connectivity index (χ4n) is 3.46. The first-order valence-electron chi connectivity index (χ1n) is 21.3. The van der Waals surface area contributed by atoms with E-state index in [9.17, 15) is 43.5 Å². The van der Waals surface area contributed by atoms with E-state index in [2.05, 4.69) is 14.2 Å². The first-order valence-corrected chi connectivity index (χ1v) is 21.3. The number of hydrogen-bond acceptors (Lipinski definition) is 19. The summed E-state index contributed by atoms with van der Waals surface area (Å²) in [6.45, 7) is 21.3. The molecule has 380 valence electrons. The number of rotatable bonds is 14. The van der Waals surface area contributed by atoms with E-state index in [0.717, 1.165) is 19.3 Å². The van der Waals surface area contributed by atoms with Crippen molar-refractivity contribution in [1.82, 2.24) is 0 Å². The number of esters is 3. The lowest BCUT2D eigenvalue weighted by molar-refractivity contribution is -0.161. The molecule has 0 aromatic heterocycles. The number of aliphatic hydroxyl groups is 8. The van der Waals surface area contributed by atoms with Crippen LogP contribution >= 0.6 is 0 Å². The zero-order chi connectivity index (χ0) is 52.6. The van der Waals surface area contributed by atoms with E-state index in [4.69, 9.17) is 35.7 Å². The largest absolute Gasteiger partial charge is 0.464 e. The van der Waals surface area contributed by atoms with E-state index in [-0.39, 0.29) is 35.5 Å². The molecule has 1 aliphatic carbocycles. The SMILES string of the molecule is CC(=O)C(C)(C)O.CC(=O)C(C)O.CC(=O)CO.CCC(=O)C(O)CC.CCOC(=O)C(C)(C)O.CCOC(=O)C(C)O.CCOC(=O)CO.O=C(c1ccccc1)C1(O)CCCCC1. The number of aliphatic hydroxyl groups excluding tert-OH is 5. The molecule has 1 aromatic rings. The van der Waals surface area contributed by atoms with Crippen LogP contribution in [0.4, 0.5) is 0 Å². The Morgan fingerprint density at radius 2 is 1.06 bits per heavy atom. The minimum atomic E-state index is -1.35. The molecule has 19 heteroatoms. The maximum atomic E-state index is 12.1. The summed E-state index contributed by atoms with van der Waals surface area (Å²) in [6.07, 6.45) is 2.73. The smallest absolute Gasteiger partial charge is 0.337 e. The van der Waals surface area contributed by atoms with Crippen molar-refractivity contribution in [2.24, 2.45) is 0 Å². The van der Waals surface area contributed by atoms with Crippen LogP contribution < -0.4 is 0 Å². The molecule has 0 aliphatic heterocycles. The van der Waals surface area contributed by atoms with Crippen LogP contribution in [-0.2, 0) is 47.8 Å². The molecule has 0 saturated heterocycles. The maximum Gasteiger partial charge on any atom is 0.337 e. The zero-order valence-electron chi connectivity index (χ0n) is 41.2. The van der Waals surface area contributed by atoms with Crippen molar-refractivity contribution >= 4 is 46.8 Å². The van der Waals surface area contributed by atoms with Gasteiger partial charge in [-0.1, -0.05) is 63.4 Å². The maximum absolute atomic E-state index is 12.1. The first-order chi connectivity index (χ1) is 29.8. The standard InChI is InChI=1S/C13H16O2.C6H12O3.C6H12O2.C5H10O3.C5H10O2.C4H8O3.C4H8O2.C3H6O2/c14-12(11-7-3-1-4-8-11)13(15)9-5-2-6-10-13;1-4-9-5(7)6(2,3)8;1-3-5(7)6(8)4-2;1-3-8-5(7)4(2)6;1-4(6)5(2,3)7;1-2-7-4(6)3-5;1-3(5)4(2)6;1-3(5)2-4/h1,3-4,7-8,15H,2,5-6,9-10H2;8H,4H2,1-3H3;5,7H,3-4H2,1-2H3;4,6H,3H2,1-2H3;7H,1-3H3;5H,2-3H2,1H3;3,5H,1-2H3;4H,2H2,1H3. The van der Waals surface area contributed by atoms with Gasteiger partial charge in [0.25, 0.3) is 0 Å². The van der Waals surface area contributed by atoms with Crippen molar-refractivity contribution in [3.8, 4) is 0 Å². The van der Waals surface area contributed by atoms with E-state index in [0.29, 0.717) is 51.1 Å². The van der Waals surface area contributed by atoms with E-state index >= 15 is 0 Å². The summed E-state index contributed by atoms with van der Waals surface area (Å²) in [7, 11) is 0. The second kappa shape index (κ2) is 42.3. The molecule has 1 aromatic carbocycles. The van der Waals surface area contributed by atoms with E-state index in [1.165, 1.54) is 62.3 Å². The topological polar surface area (TPSA) is 326 Å². The van der Waals surface area contributed by atoms with Crippen LogP contribution in [-0.4, -0.2) is 156 Å². The number of hydrogen-bond donors (Lipinski definition) is 8. The molecule has 8 N–H and O–H groups in total. The predicted octanol–water partition coefficient (Wildman–Crippen LogP) is 2.96. The van der Waals surface area contributed by atoms with Gasteiger partial charge in [-0.3, -0.25) is 24.0 Å². The van der Waals surface area contributed by atoms with Gasteiger partial charge < -0.3 is 55.1 Å². The van der Waals surface area contributed by atoms with Gasteiger partial charge in [-0.15, -0.1) is 0 Å². The van der Waals surface area contributed by atoms with Gasteiger partial charge in [0.2, 0.25) is 0 Å². The average Bonchev–Trinajstić information content (AvgIpc) is 3.24. The highest BCUT2D eigenvalue weighted by molar-refractivity contribution is 6.02. The van der Waals surface area contributed by atoms with E-state index in [1.54, 1.807) is 46.8 Å². The van der Waals surface area contributed by atoms with Gasteiger partial charge in [0.15, 0.2) is 34.5 Å². The van der Waals surface area contributed by atoms with Crippen molar-refractivity contribution < 1.29 is 93.4 Å². The third-order valence-electron chi connectivity index (χ3n) is 7.76. The van der Waals surface area contributed by atoms with Gasteiger partial charge >= 0.3 is 17.9 Å². The molecule has 2 rings (SSSR count). The van der Waals surface area contributed by atoms with Gasteiger partial charge in [-0.25, -0.2) is 14.4 Å². The number of benzene rings is 1. The Labute approximate surface area is 385 Å². The van der Waals surface area contributed by atoms with Crippen molar-refractivity contribution in [3.05, 3.63) is 35.9 Å². The van der Waals surface area contributed by atoms with Gasteiger partial charge in [0.05, 0.1) is 19.8 Å².